The lowest BCUT2D eigenvalue weighted by molar-refractivity contribution is -0.117. The van der Waals surface area contributed by atoms with Crippen LogP contribution in [0.5, 0.6) is 0 Å². The molecule has 3 N–H and O–H groups in total. The molecule has 0 unspecified atom stereocenters. The standard InChI is InChI=1S/C28H27N5O/c1-18(28(34)32-17-22-6-9-25-24(15-22)11-13-31-27(25)29)10-12-30-20(3)14-21-5-8-23-7-4-19(2)33-26(23)16-21/h4-13,15-16H,3,14,17H2,1-2H3,(H2,29,31)(H,32,34)/b18-10+,30-12-. The summed E-state index contributed by atoms with van der Waals surface area (Å²) in [7, 11) is 0. The number of nitrogens with one attached hydrogen (secondary N) is 1. The van der Waals surface area contributed by atoms with E-state index in [2.05, 4.69) is 51.1 Å². The molecule has 0 bridgehead atoms. The number of carbonyl (C=O) groups excluding carboxylic acids is 1. The lowest BCUT2D eigenvalue weighted by Gasteiger charge is -2.07. The van der Waals surface area contributed by atoms with Gasteiger partial charge >= 0.3 is 0 Å². The third-order valence-corrected chi connectivity index (χ3v) is 5.56. The van der Waals surface area contributed by atoms with Crippen LogP contribution >= 0.6 is 0 Å². The number of aliphatic imine (C=N–C) groups is 1. The predicted octanol–water partition coefficient (Wildman–Crippen LogP) is 5.06. The number of amides is 1. The smallest absolute Gasteiger partial charge is 0.247 e. The van der Waals surface area contributed by atoms with E-state index < -0.39 is 0 Å². The number of anilines is 1. The van der Waals surface area contributed by atoms with Gasteiger partial charge in [-0.05, 0) is 60.7 Å². The molecule has 0 atom stereocenters. The minimum atomic E-state index is -0.151. The number of pyridine rings is 2. The molecule has 4 aromatic rings. The zero-order chi connectivity index (χ0) is 24.1. The first-order chi connectivity index (χ1) is 16.4. The zero-order valence-corrected chi connectivity index (χ0v) is 19.4. The maximum absolute atomic E-state index is 12.5. The topological polar surface area (TPSA) is 93.3 Å². The van der Waals surface area contributed by atoms with Gasteiger partial charge in [-0.15, -0.1) is 0 Å². The van der Waals surface area contributed by atoms with Gasteiger partial charge in [0, 0.05) is 53.1 Å². The normalized spacial score (nSPS) is 11.9. The first-order valence-electron chi connectivity index (χ1n) is 11.1. The Hall–Kier alpha value is -4.32. The van der Waals surface area contributed by atoms with E-state index in [1.165, 1.54) is 0 Å². The van der Waals surface area contributed by atoms with Gasteiger partial charge in [0.25, 0.3) is 0 Å². The Morgan fingerprint density at radius 1 is 1.09 bits per heavy atom. The average molecular weight is 450 g/mol. The molecular formula is C28H27N5O. The first-order valence-corrected chi connectivity index (χ1v) is 11.1. The van der Waals surface area contributed by atoms with Crippen LogP contribution in [0.25, 0.3) is 21.7 Å². The molecule has 1 amide bonds. The van der Waals surface area contributed by atoms with E-state index in [0.29, 0.717) is 30.1 Å². The largest absolute Gasteiger partial charge is 0.383 e. The summed E-state index contributed by atoms with van der Waals surface area (Å²) < 4.78 is 0. The molecule has 0 radical (unpaired) electrons. The van der Waals surface area contributed by atoms with Gasteiger partial charge in [0.15, 0.2) is 0 Å². The van der Waals surface area contributed by atoms with Crippen LogP contribution in [0.1, 0.15) is 23.7 Å². The van der Waals surface area contributed by atoms with Crippen LogP contribution in [-0.4, -0.2) is 22.1 Å². The molecule has 0 saturated carbocycles. The summed E-state index contributed by atoms with van der Waals surface area (Å²) in [5.41, 5.74) is 11.2. The van der Waals surface area contributed by atoms with E-state index in [1.807, 2.05) is 37.3 Å². The van der Waals surface area contributed by atoms with Gasteiger partial charge in [0.1, 0.15) is 5.82 Å². The van der Waals surface area contributed by atoms with E-state index in [0.717, 1.165) is 38.5 Å². The van der Waals surface area contributed by atoms with E-state index in [-0.39, 0.29) is 5.91 Å². The number of nitrogens with zero attached hydrogens (tertiary/aromatic N) is 3. The van der Waals surface area contributed by atoms with Crippen LogP contribution in [0.15, 0.2) is 89.7 Å². The molecular weight excluding hydrogens is 422 g/mol. The highest BCUT2D eigenvalue weighted by Gasteiger charge is 2.05. The second-order valence-corrected chi connectivity index (χ2v) is 8.28. The van der Waals surface area contributed by atoms with Crippen molar-refractivity contribution in [1.82, 2.24) is 15.3 Å². The van der Waals surface area contributed by atoms with Crippen molar-refractivity contribution in [2.75, 3.05) is 5.73 Å². The van der Waals surface area contributed by atoms with Crippen LogP contribution in [0.2, 0.25) is 0 Å². The summed E-state index contributed by atoms with van der Waals surface area (Å²) in [6.07, 6.45) is 5.60. The maximum atomic E-state index is 12.5. The van der Waals surface area contributed by atoms with Gasteiger partial charge in [-0.1, -0.05) is 36.9 Å². The first kappa shape index (κ1) is 22.9. The average Bonchev–Trinajstić information content (AvgIpc) is 2.82. The van der Waals surface area contributed by atoms with Crippen molar-refractivity contribution in [1.29, 1.82) is 0 Å². The second-order valence-electron chi connectivity index (χ2n) is 8.28. The highest BCUT2D eigenvalue weighted by atomic mass is 16.1. The van der Waals surface area contributed by atoms with Gasteiger partial charge in [0.05, 0.1) is 5.52 Å². The highest BCUT2D eigenvalue weighted by molar-refractivity contribution is 5.97. The van der Waals surface area contributed by atoms with Gasteiger partial charge < -0.3 is 11.1 Å². The molecule has 0 spiro atoms. The van der Waals surface area contributed by atoms with Crippen molar-refractivity contribution < 1.29 is 4.79 Å². The number of carbonyl (C=O) groups is 1. The fraction of sp³-hybridized carbons (Fsp3) is 0.143. The number of aromatic nitrogens is 2. The van der Waals surface area contributed by atoms with E-state index >= 15 is 0 Å². The van der Waals surface area contributed by atoms with Gasteiger partial charge in [-0.3, -0.25) is 14.8 Å². The summed E-state index contributed by atoms with van der Waals surface area (Å²) in [5, 5.41) is 5.94. The van der Waals surface area contributed by atoms with Crippen molar-refractivity contribution in [3.8, 4) is 0 Å². The molecule has 4 rings (SSSR count). The minimum absolute atomic E-state index is 0.151. The number of hydrogen-bond acceptors (Lipinski definition) is 5. The highest BCUT2D eigenvalue weighted by Crippen LogP contribution is 2.20. The summed E-state index contributed by atoms with van der Waals surface area (Å²) in [4.78, 5) is 25.5. The number of benzene rings is 2. The Labute approximate surface area is 199 Å². The number of nitrogen functional groups attached to an aromatic ring is 1. The quantitative estimate of drug-likeness (QED) is 0.304. The number of allylic oxidation sites excluding steroid dienone is 2. The molecule has 2 aromatic heterocycles. The molecule has 0 aliphatic carbocycles. The number of hydrogen-bond donors (Lipinski definition) is 2. The third kappa shape index (κ3) is 5.53. The van der Waals surface area contributed by atoms with E-state index in [4.69, 9.17) is 5.73 Å². The fourth-order valence-corrected chi connectivity index (χ4v) is 3.67. The van der Waals surface area contributed by atoms with Gasteiger partial charge in [-0.25, -0.2) is 4.98 Å². The van der Waals surface area contributed by atoms with Gasteiger partial charge in [0.2, 0.25) is 5.91 Å². The lowest BCUT2D eigenvalue weighted by Crippen LogP contribution is -2.23. The van der Waals surface area contributed by atoms with Crippen LogP contribution in [0.3, 0.4) is 0 Å². The Kier molecular flexibility index (Phi) is 6.78. The lowest BCUT2D eigenvalue weighted by atomic mass is 10.1. The zero-order valence-electron chi connectivity index (χ0n) is 19.4. The van der Waals surface area contributed by atoms with Crippen molar-refractivity contribution in [3.05, 3.63) is 102 Å². The van der Waals surface area contributed by atoms with Crippen molar-refractivity contribution >= 4 is 39.6 Å². The molecule has 34 heavy (non-hydrogen) atoms. The Morgan fingerprint density at radius 2 is 1.88 bits per heavy atom. The number of fused-ring (bicyclic) bond motifs is 2. The van der Waals surface area contributed by atoms with Crippen LogP contribution in [0.4, 0.5) is 5.82 Å². The van der Waals surface area contributed by atoms with Crippen molar-refractivity contribution in [2.24, 2.45) is 4.99 Å². The van der Waals surface area contributed by atoms with E-state index in [1.54, 1.807) is 25.4 Å². The molecule has 0 aliphatic rings. The molecule has 6 heteroatoms. The molecule has 2 heterocycles. The van der Waals surface area contributed by atoms with Crippen LogP contribution < -0.4 is 11.1 Å². The summed E-state index contributed by atoms with van der Waals surface area (Å²) in [6, 6.07) is 18.0. The third-order valence-electron chi connectivity index (χ3n) is 5.56. The molecule has 170 valence electrons. The second kappa shape index (κ2) is 10.1. The Bertz CT molecular complexity index is 1450. The number of rotatable bonds is 7. The summed E-state index contributed by atoms with van der Waals surface area (Å²) >= 11 is 0. The maximum Gasteiger partial charge on any atom is 0.247 e. The number of aryl methyl sites for hydroxylation is 1. The van der Waals surface area contributed by atoms with Gasteiger partial charge in [-0.2, -0.15) is 0 Å². The van der Waals surface area contributed by atoms with Crippen molar-refractivity contribution in [2.45, 2.75) is 26.8 Å². The summed E-state index contributed by atoms with van der Waals surface area (Å²) in [5.74, 6) is 0.350. The minimum Gasteiger partial charge on any atom is -0.383 e. The molecule has 2 aromatic carbocycles. The Balaban J connectivity index is 1.32. The fourth-order valence-electron chi connectivity index (χ4n) is 3.67. The SMILES string of the molecule is C=C(Cc1ccc2ccc(C)nc2c1)/N=C\C=C(/C)C(=O)NCc1ccc2c(N)nccc2c1. The molecule has 0 aliphatic heterocycles. The predicted molar refractivity (Wildman–Crippen MR) is 140 cm³/mol. The summed E-state index contributed by atoms with van der Waals surface area (Å²) in [6.45, 7) is 8.19. The molecule has 0 saturated heterocycles. The monoisotopic (exact) mass is 449 g/mol. The van der Waals surface area contributed by atoms with Crippen molar-refractivity contribution in [3.63, 3.8) is 0 Å². The van der Waals surface area contributed by atoms with Crippen LogP contribution in [0, 0.1) is 6.92 Å². The molecule has 0 fully saturated rings. The number of nitrogens with two attached hydrogens (primary N) is 1. The van der Waals surface area contributed by atoms with Crippen LogP contribution in [-0.2, 0) is 17.8 Å². The Morgan fingerprint density at radius 3 is 2.74 bits per heavy atom. The molecule has 6 nitrogen and oxygen atoms in total. The van der Waals surface area contributed by atoms with E-state index in [9.17, 15) is 4.79 Å².